The van der Waals surface area contributed by atoms with Gasteiger partial charge in [-0.15, -0.1) is 0 Å². The van der Waals surface area contributed by atoms with E-state index >= 15 is 0 Å². The third kappa shape index (κ3) is 5.45. The molecule has 128 valence electrons. The van der Waals surface area contributed by atoms with E-state index < -0.39 is 5.97 Å². The summed E-state index contributed by atoms with van der Waals surface area (Å²) in [6.07, 6.45) is 3.67. The maximum absolute atomic E-state index is 12.3. The number of carbonyl (C=O) groups is 2. The molecule has 0 radical (unpaired) electrons. The van der Waals surface area contributed by atoms with Crippen molar-refractivity contribution in [2.75, 3.05) is 5.32 Å². The number of rotatable bonds is 6. The van der Waals surface area contributed by atoms with Gasteiger partial charge in [0, 0.05) is 22.3 Å². The van der Waals surface area contributed by atoms with Crippen LogP contribution in [0, 0.1) is 0 Å². The highest BCUT2D eigenvalue weighted by Crippen LogP contribution is 2.23. The lowest BCUT2D eigenvalue weighted by Crippen LogP contribution is -2.18. The van der Waals surface area contributed by atoms with Crippen molar-refractivity contribution < 1.29 is 14.7 Å². The summed E-state index contributed by atoms with van der Waals surface area (Å²) in [6, 6.07) is 11.5. The molecule has 8 heteroatoms. The predicted octanol–water partition coefficient (Wildman–Crippen LogP) is 2.81. The van der Waals surface area contributed by atoms with Gasteiger partial charge >= 0.3 is 5.97 Å². The highest BCUT2D eigenvalue weighted by atomic mass is 35.5. The minimum absolute atomic E-state index is 0.322. The summed E-state index contributed by atoms with van der Waals surface area (Å²) in [5.41, 5.74) is 4.29. The molecule has 0 fully saturated rings. The van der Waals surface area contributed by atoms with Crippen LogP contribution in [-0.4, -0.2) is 23.3 Å². The second kappa shape index (κ2) is 8.62. The van der Waals surface area contributed by atoms with Crippen LogP contribution >= 0.6 is 11.6 Å². The van der Waals surface area contributed by atoms with Gasteiger partial charge in [0.15, 0.2) is 0 Å². The molecule has 0 heterocycles. The monoisotopic (exact) mass is 358 g/mol. The van der Waals surface area contributed by atoms with E-state index in [0.29, 0.717) is 27.5 Å². The predicted molar refractivity (Wildman–Crippen MR) is 98.0 cm³/mol. The fourth-order valence-corrected chi connectivity index (χ4v) is 2.19. The summed E-state index contributed by atoms with van der Waals surface area (Å²) >= 11 is 6.09. The smallest absolute Gasteiger partial charge is 0.328 e. The van der Waals surface area contributed by atoms with Crippen LogP contribution in [0.3, 0.4) is 0 Å². The summed E-state index contributed by atoms with van der Waals surface area (Å²) in [5.74, 6) is 3.71. The second-order valence-electron chi connectivity index (χ2n) is 4.84. The number of carbonyl (C=O) groups excluding carboxylic acids is 1. The zero-order valence-electron chi connectivity index (χ0n) is 12.9. The molecule has 0 aliphatic carbocycles. The number of benzene rings is 2. The van der Waals surface area contributed by atoms with Crippen molar-refractivity contribution in [1.29, 1.82) is 0 Å². The average molecular weight is 359 g/mol. The lowest BCUT2D eigenvalue weighted by atomic mass is 10.1. The number of nitrogens with zero attached hydrogens (tertiary/aromatic N) is 1. The van der Waals surface area contributed by atoms with Gasteiger partial charge in [0.05, 0.1) is 5.69 Å². The van der Waals surface area contributed by atoms with Crippen LogP contribution in [0.25, 0.3) is 6.08 Å². The van der Waals surface area contributed by atoms with Gasteiger partial charge < -0.3 is 15.8 Å². The van der Waals surface area contributed by atoms with Crippen molar-refractivity contribution in [3.63, 3.8) is 0 Å². The van der Waals surface area contributed by atoms with Crippen LogP contribution < -0.4 is 16.6 Å². The molecular weight excluding hydrogens is 344 g/mol. The quantitative estimate of drug-likeness (QED) is 0.208. The number of anilines is 1. The van der Waals surface area contributed by atoms with E-state index in [-0.39, 0.29) is 5.91 Å². The van der Waals surface area contributed by atoms with Gasteiger partial charge in [-0.25, -0.2) is 15.6 Å². The van der Waals surface area contributed by atoms with E-state index in [0.717, 1.165) is 6.08 Å². The number of halogens is 1. The van der Waals surface area contributed by atoms with E-state index in [9.17, 15) is 9.59 Å². The van der Waals surface area contributed by atoms with Crippen LogP contribution in [-0.2, 0) is 4.79 Å². The zero-order valence-corrected chi connectivity index (χ0v) is 13.7. The molecule has 0 aliphatic rings. The van der Waals surface area contributed by atoms with Crippen LogP contribution in [0.2, 0.25) is 5.02 Å². The Labute approximate surface area is 148 Å². The van der Waals surface area contributed by atoms with Gasteiger partial charge in [0.2, 0.25) is 0 Å². The highest BCUT2D eigenvalue weighted by Gasteiger charge is 2.08. The van der Waals surface area contributed by atoms with E-state index in [1.54, 1.807) is 42.5 Å². The Balaban J connectivity index is 2.14. The molecule has 7 nitrogen and oxygen atoms in total. The maximum atomic E-state index is 12.3. The minimum atomic E-state index is -1.07. The average Bonchev–Trinajstić information content (AvgIpc) is 2.59. The molecule has 2 aromatic carbocycles. The molecule has 0 saturated heterocycles. The highest BCUT2D eigenvalue weighted by molar-refractivity contribution is 6.32. The van der Waals surface area contributed by atoms with E-state index in [1.807, 2.05) is 0 Å². The Kier molecular flexibility index (Phi) is 6.27. The number of carboxylic acid groups (broad SMARTS) is 1. The van der Waals surface area contributed by atoms with Crippen molar-refractivity contribution in [1.82, 2.24) is 5.43 Å². The first kappa shape index (κ1) is 18.2. The Bertz CT molecular complexity index is 850. The fraction of sp³-hybridized carbons (Fsp3) is 0. The summed E-state index contributed by atoms with van der Waals surface area (Å²) < 4.78 is 0. The van der Waals surface area contributed by atoms with Crippen molar-refractivity contribution in [2.24, 2.45) is 10.8 Å². The van der Waals surface area contributed by atoms with Crippen LogP contribution in [0.15, 0.2) is 53.5 Å². The largest absolute Gasteiger partial charge is 0.478 e. The normalized spacial score (nSPS) is 11.0. The molecule has 5 N–H and O–H groups in total. The van der Waals surface area contributed by atoms with E-state index in [2.05, 4.69) is 15.7 Å². The fourth-order valence-electron chi connectivity index (χ4n) is 1.94. The number of aliphatic imine (C=N–C) groups is 1. The summed E-state index contributed by atoms with van der Waals surface area (Å²) in [6.45, 7) is 0. The molecule has 2 aromatic rings. The molecule has 0 aromatic heterocycles. The SMILES string of the molecule is NNC=Nc1cccc(C(=O)Nc2ccc(C=CC(=O)O)c(Cl)c2)c1. The van der Waals surface area contributed by atoms with Crippen molar-refractivity contribution in [3.05, 3.63) is 64.7 Å². The van der Waals surface area contributed by atoms with Gasteiger partial charge in [0.1, 0.15) is 6.34 Å². The van der Waals surface area contributed by atoms with Gasteiger partial charge in [-0.1, -0.05) is 23.7 Å². The minimum Gasteiger partial charge on any atom is -0.478 e. The standard InChI is InChI=1S/C17H15ClN4O3/c18-15-9-14(6-4-11(15)5-7-16(23)24)22-17(25)12-2-1-3-13(8-12)20-10-21-19/h1-10H,19H2,(H,20,21)(H,22,25)(H,23,24). The number of carboxylic acids is 1. The second-order valence-corrected chi connectivity index (χ2v) is 5.24. The Hall–Kier alpha value is -3.16. The Morgan fingerprint density at radius 3 is 2.68 bits per heavy atom. The molecular formula is C17H15ClN4O3. The summed E-state index contributed by atoms with van der Waals surface area (Å²) in [7, 11) is 0. The van der Waals surface area contributed by atoms with Crippen LogP contribution in [0.1, 0.15) is 15.9 Å². The lowest BCUT2D eigenvalue weighted by molar-refractivity contribution is -0.131. The van der Waals surface area contributed by atoms with Crippen molar-refractivity contribution in [3.8, 4) is 0 Å². The number of amides is 1. The summed E-state index contributed by atoms with van der Waals surface area (Å²) in [4.78, 5) is 26.9. The Morgan fingerprint density at radius 1 is 1.20 bits per heavy atom. The number of hydrogen-bond acceptors (Lipinski definition) is 4. The molecule has 0 aliphatic heterocycles. The number of hydrogen-bond donors (Lipinski definition) is 4. The van der Waals surface area contributed by atoms with E-state index in [4.69, 9.17) is 22.6 Å². The van der Waals surface area contributed by atoms with Crippen molar-refractivity contribution >= 4 is 47.3 Å². The molecule has 0 bridgehead atoms. The van der Waals surface area contributed by atoms with Gasteiger partial charge in [-0.05, 0) is 42.0 Å². The number of nitrogens with one attached hydrogen (secondary N) is 2. The topological polar surface area (TPSA) is 117 Å². The molecule has 0 unspecified atom stereocenters. The van der Waals surface area contributed by atoms with E-state index in [1.165, 1.54) is 12.4 Å². The van der Waals surface area contributed by atoms with Gasteiger partial charge in [-0.3, -0.25) is 4.79 Å². The summed E-state index contributed by atoms with van der Waals surface area (Å²) in [5, 5.41) is 11.7. The number of aliphatic carboxylic acids is 1. The molecule has 2 rings (SSSR count). The van der Waals surface area contributed by atoms with Gasteiger partial charge in [-0.2, -0.15) is 0 Å². The molecule has 1 amide bonds. The van der Waals surface area contributed by atoms with Crippen LogP contribution in [0.5, 0.6) is 0 Å². The first-order valence-corrected chi connectivity index (χ1v) is 7.48. The third-order valence-corrected chi connectivity index (χ3v) is 3.39. The van der Waals surface area contributed by atoms with Crippen molar-refractivity contribution in [2.45, 2.75) is 0 Å². The number of nitrogens with two attached hydrogens (primary N) is 1. The first-order valence-electron chi connectivity index (χ1n) is 7.10. The molecule has 0 atom stereocenters. The lowest BCUT2D eigenvalue weighted by Gasteiger charge is -2.07. The molecule has 25 heavy (non-hydrogen) atoms. The first-order chi connectivity index (χ1) is 12.0. The van der Waals surface area contributed by atoms with Crippen LogP contribution in [0.4, 0.5) is 11.4 Å². The third-order valence-electron chi connectivity index (χ3n) is 3.06. The van der Waals surface area contributed by atoms with Gasteiger partial charge in [0.25, 0.3) is 5.91 Å². The Morgan fingerprint density at radius 2 is 2.00 bits per heavy atom. The number of hydrazine groups is 1. The molecule has 0 spiro atoms. The maximum Gasteiger partial charge on any atom is 0.328 e. The molecule has 0 saturated carbocycles. The zero-order chi connectivity index (χ0) is 18.2.